The zero-order valence-electron chi connectivity index (χ0n) is 7.80. The van der Waals surface area contributed by atoms with Gasteiger partial charge < -0.3 is 5.32 Å². The minimum atomic E-state index is -4.26. The second kappa shape index (κ2) is 4.46. The molecule has 0 aliphatic rings. The molecule has 0 bridgehead atoms. The SMILES string of the molecule is C[N-]CCc1ccccc1C(F)(F)F. The second-order valence-corrected chi connectivity index (χ2v) is 2.94. The highest BCUT2D eigenvalue weighted by atomic mass is 19.4. The summed E-state index contributed by atoms with van der Waals surface area (Å²) in [5.74, 6) is 0. The molecular formula is C10H11F3N-. The van der Waals surface area contributed by atoms with E-state index in [4.69, 9.17) is 0 Å². The van der Waals surface area contributed by atoms with Crippen molar-refractivity contribution in [1.29, 1.82) is 0 Å². The number of nitrogens with zero attached hydrogens (tertiary/aromatic N) is 1. The van der Waals surface area contributed by atoms with Gasteiger partial charge in [-0.3, -0.25) is 0 Å². The number of halogens is 3. The zero-order valence-corrected chi connectivity index (χ0v) is 7.80. The van der Waals surface area contributed by atoms with Crippen molar-refractivity contribution in [2.24, 2.45) is 0 Å². The van der Waals surface area contributed by atoms with Gasteiger partial charge in [0, 0.05) is 0 Å². The predicted octanol–water partition coefficient (Wildman–Crippen LogP) is 3.25. The van der Waals surface area contributed by atoms with Crippen LogP contribution < -0.4 is 0 Å². The van der Waals surface area contributed by atoms with Gasteiger partial charge in [-0.25, -0.2) is 0 Å². The minimum Gasteiger partial charge on any atom is -0.665 e. The van der Waals surface area contributed by atoms with Gasteiger partial charge in [0.25, 0.3) is 0 Å². The maximum absolute atomic E-state index is 12.4. The van der Waals surface area contributed by atoms with Crippen molar-refractivity contribution >= 4 is 0 Å². The topological polar surface area (TPSA) is 14.1 Å². The molecule has 0 saturated heterocycles. The molecule has 0 radical (unpaired) electrons. The van der Waals surface area contributed by atoms with Crippen molar-refractivity contribution in [1.82, 2.24) is 0 Å². The van der Waals surface area contributed by atoms with Crippen LogP contribution in [0.15, 0.2) is 24.3 Å². The molecule has 0 amide bonds. The van der Waals surface area contributed by atoms with Gasteiger partial charge in [-0.2, -0.15) is 20.2 Å². The third-order valence-corrected chi connectivity index (χ3v) is 1.93. The fourth-order valence-corrected chi connectivity index (χ4v) is 1.25. The lowest BCUT2D eigenvalue weighted by Gasteiger charge is -2.15. The third kappa shape index (κ3) is 2.73. The Kier molecular flexibility index (Phi) is 3.52. The third-order valence-electron chi connectivity index (χ3n) is 1.93. The summed E-state index contributed by atoms with van der Waals surface area (Å²) in [6.07, 6.45) is -3.92. The molecule has 78 valence electrons. The van der Waals surface area contributed by atoms with Crippen molar-refractivity contribution in [2.45, 2.75) is 12.6 Å². The summed E-state index contributed by atoms with van der Waals surface area (Å²) in [7, 11) is 1.59. The van der Waals surface area contributed by atoms with Crippen LogP contribution in [0.2, 0.25) is 0 Å². The van der Waals surface area contributed by atoms with Crippen LogP contribution in [-0.2, 0) is 12.6 Å². The van der Waals surface area contributed by atoms with Gasteiger partial charge in [0.05, 0.1) is 5.56 Å². The minimum absolute atomic E-state index is 0.311. The van der Waals surface area contributed by atoms with Gasteiger partial charge in [0.15, 0.2) is 0 Å². The molecule has 4 heteroatoms. The predicted molar refractivity (Wildman–Crippen MR) is 49.3 cm³/mol. The van der Waals surface area contributed by atoms with E-state index in [1.165, 1.54) is 12.1 Å². The molecule has 14 heavy (non-hydrogen) atoms. The maximum Gasteiger partial charge on any atom is 0.416 e. The number of hydrogen-bond acceptors (Lipinski definition) is 0. The molecule has 1 rings (SSSR count). The van der Waals surface area contributed by atoms with Crippen LogP contribution in [0.5, 0.6) is 0 Å². The Morgan fingerprint density at radius 1 is 1.21 bits per heavy atom. The fourth-order valence-electron chi connectivity index (χ4n) is 1.25. The Bertz CT molecular complexity index is 294. The van der Waals surface area contributed by atoms with Gasteiger partial charge in [-0.15, -0.1) is 6.54 Å². The Morgan fingerprint density at radius 3 is 2.43 bits per heavy atom. The van der Waals surface area contributed by atoms with Gasteiger partial charge in [-0.1, -0.05) is 18.2 Å². The Morgan fingerprint density at radius 2 is 1.86 bits per heavy atom. The van der Waals surface area contributed by atoms with E-state index in [-0.39, 0.29) is 0 Å². The molecule has 0 spiro atoms. The van der Waals surface area contributed by atoms with Crippen molar-refractivity contribution in [2.75, 3.05) is 13.6 Å². The molecular weight excluding hydrogens is 191 g/mol. The monoisotopic (exact) mass is 202 g/mol. The highest BCUT2D eigenvalue weighted by Crippen LogP contribution is 2.31. The molecule has 0 N–H and O–H groups in total. The van der Waals surface area contributed by atoms with Crippen LogP contribution >= 0.6 is 0 Å². The molecule has 0 atom stereocenters. The number of benzene rings is 1. The fraction of sp³-hybridized carbons (Fsp3) is 0.400. The Hall–Kier alpha value is -1.03. The van der Waals surface area contributed by atoms with Gasteiger partial charge in [0.2, 0.25) is 0 Å². The van der Waals surface area contributed by atoms with E-state index in [1.807, 2.05) is 0 Å². The van der Waals surface area contributed by atoms with Crippen LogP contribution in [0.3, 0.4) is 0 Å². The van der Waals surface area contributed by atoms with E-state index in [2.05, 4.69) is 5.32 Å². The average Bonchev–Trinajstić information content (AvgIpc) is 2.14. The van der Waals surface area contributed by atoms with E-state index in [9.17, 15) is 13.2 Å². The molecule has 0 heterocycles. The lowest BCUT2D eigenvalue weighted by molar-refractivity contribution is -0.138. The standard InChI is InChI=1S/C10H11F3N/c1-14-7-6-8-4-2-3-5-9(8)10(11,12)13/h2-5H,6-7H2,1H3/q-1. The van der Waals surface area contributed by atoms with Crippen LogP contribution in [0.25, 0.3) is 5.32 Å². The zero-order chi connectivity index (χ0) is 10.6. The number of likely N-dealkylation sites (N-methyl/N-ethyl adjacent to an activating group) is 1. The van der Waals surface area contributed by atoms with Crippen LogP contribution in [-0.4, -0.2) is 13.6 Å². The smallest absolute Gasteiger partial charge is 0.416 e. The van der Waals surface area contributed by atoms with Crippen LogP contribution in [0.4, 0.5) is 13.2 Å². The first-order valence-corrected chi connectivity index (χ1v) is 4.26. The number of alkyl halides is 3. The van der Waals surface area contributed by atoms with Crippen molar-refractivity contribution in [3.05, 3.63) is 40.7 Å². The molecule has 1 aromatic carbocycles. The summed E-state index contributed by atoms with van der Waals surface area (Å²) in [5, 5.41) is 3.79. The van der Waals surface area contributed by atoms with Crippen molar-refractivity contribution in [3.8, 4) is 0 Å². The summed E-state index contributed by atoms with van der Waals surface area (Å²) >= 11 is 0. The largest absolute Gasteiger partial charge is 0.665 e. The lowest BCUT2D eigenvalue weighted by Crippen LogP contribution is -2.09. The molecule has 1 aromatic rings. The van der Waals surface area contributed by atoms with E-state index in [0.29, 0.717) is 18.5 Å². The summed E-state index contributed by atoms with van der Waals surface area (Å²) in [5.41, 5.74) is -0.241. The molecule has 1 nitrogen and oxygen atoms in total. The van der Waals surface area contributed by atoms with E-state index < -0.39 is 11.7 Å². The highest BCUT2D eigenvalue weighted by molar-refractivity contribution is 5.30. The molecule has 0 aliphatic carbocycles. The van der Waals surface area contributed by atoms with Crippen molar-refractivity contribution in [3.63, 3.8) is 0 Å². The first-order valence-electron chi connectivity index (χ1n) is 4.26. The normalized spacial score (nSPS) is 11.7. The molecule has 0 saturated carbocycles. The lowest BCUT2D eigenvalue weighted by atomic mass is 10.0. The summed E-state index contributed by atoms with van der Waals surface area (Å²) in [6, 6.07) is 5.61. The molecule has 0 aromatic heterocycles. The summed E-state index contributed by atoms with van der Waals surface area (Å²) in [4.78, 5) is 0. The molecule has 0 fully saturated rings. The number of rotatable bonds is 3. The summed E-state index contributed by atoms with van der Waals surface area (Å²) in [6.45, 7) is 0.424. The van der Waals surface area contributed by atoms with E-state index in [1.54, 1.807) is 13.1 Å². The van der Waals surface area contributed by atoms with Gasteiger partial charge in [0.1, 0.15) is 0 Å². The van der Waals surface area contributed by atoms with Crippen LogP contribution in [0.1, 0.15) is 11.1 Å². The van der Waals surface area contributed by atoms with E-state index in [0.717, 1.165) is 6.07 Å². The van der Waals surface area contributed by atoms with E-state index >= 15 is 0 Å². The van der Waals surface area contributed by atoms with Gasteiger partial charge >= 0.3 is 6.18 Å². The molecule has 0 unspecified atom stereocenters. The number of hydrogen-bond donors (Lipinski definition) is 0. The van der Waals surface area contributed by atoms with Crippen LogP contribution in [0, 0.1) is 0 Å². The quantitative estimate of drug-likeness (QED) is 0.714. The second-order valence-electron chi connectivity index (χ2n) is 2.94. The average molecular weight is 202 g/mol. The first kappa shape index (κ1) is 11.0. The van der Waals surface area contributed by atoms with Gasteiger partial charge in [-0.05, 0) is 18.1 Å². The summed E-state index contributed by atoms with van der Waals surface area (Å²) < 4.78 is 37.3. The maximum atomic E-state index is 12.4. The highest BCUT2D eigenvalue weighted by Gasteiger charge is 2.32. The Labute approximate surface area is 80.9 Å². The molecule has 0 aliphatic heterocycles. The Balaban J connectivity index is 2.92. The van der Waals surface area contributed by atoms with Crippen molar-refractivity contribution < 1.29 is 13.2 Å². The first-order chi connectivity index (χ1) is 6.55.